The highest BCUT2D eigenvalue weighted by molar-refractivity contribution is 6.00. The number of carbonyl (C=O) groups excluding carboxylic acids is 1. The van der Waals surface area contributed by atoms with Gasteiger partial charge in [0.2, 0.25) is 0 Å². The van der Waals surface area contributed by atoms with Crippen LogP contribution in [0.3, 0.4) is 0 Å². The summed E-state index contributed by atoms with van der Waals surface area (Å²) in [5.41, 5.74) is 7.91. The molecule has 4 nitrogen and oxygen atoms in total. The van der Waals surface area contributed by atoms with Crippen LogP contribution in [-0.4, -0.2) is 19.0 Å². The number of hydrogen-bond acceptors (Lipinski definition) is 3. The highest BCUT2D eigenvalue weighted by Gasteiger charge is 2.17. The van der Waals surface area contributed by atoms with Crippen molar-refractivity contribution in [3.05, 3.63) is 23.8 Å². The molecular weight excluding hydrogens is 238 g/mol. The Morgan fingerprint density at radius 3 is 2.47 bits per heavy atom. The van der Waals surface area contributed by atoms with E-state index < -0.39 is 0 Å². The first-order valence-electron chi connectivity index (χ1n) is 6.91. The number of amides is 1. The Morgan fingerprint density at radius 1 is 1.32 bits per heavy atom. The van der Waals surface area contributed by atoms with Crippen molar-refractivity contribution in [2.45, 2.75) is 39.7 Å². The summed E-state index contributed by atoms with van der Waals surface area (Å²) >= 11 is 0. The molecule has 0 radical (unpaired) electrons. The summed E-state index contributed by atoms with van der Waals surface area (Å²) < 4.78 is 0. The van der Waals surface area contributed by atoms with Gasteiger partial charge in [0.25, 0.3) is 5.91 Å². The predicted octanol–water partition coefficient (Wildman–Crippen LogP) is 2.87. The number of anilines is 2. The lowest BCUT2D eigenvalue weighted by atomic mass is 9.95. The van der Waals surface area contributed by atoms with Crippen molar-refractivity contribution in [2.75, 3.05) is 18.1 Å². The third-order valence-corrected chi connectivity index (χ3v) is 3.65. The molecule has 106 valence electrons. The maximum Gasteiger partial charge on any atom is 0.253 e. The van der Waals surface area contributed by atoms with Crippen LogP contribution in [0, 0.1) is 5.92 Å². The van der Waals surface area contributed by atoms with E-state index in [1.807, 2.05) is 6.07 Å². The molecule has 1 aromatic carbocycles. The lowest BCUT2D eigenvalue weighted by Gasteiger charge is -2.25. The highest BCUT2D eigenvalue weighted by Crippen LogP contribution is 2.23. The minimum Gasteiger partial charge on any atom is -0.399 e. The van der Waals surface area contributed by atoms with Crippen molar-refractivity contribution >= 4 is 17.3 Å². The third kappa shape index (κ3) is 3.88. The molecule has 0 saturated heterocycles. The smallest absolute Gasteiger partial charge is 0.253 e. The Labute approximate surface area is 115 Å². The Balaban J connectivity index is 2.98. The van der Waals surface area contributed by atoms with Gasteiger partial charge in [-0.2, -0.15) is 0 Å². The van der Waals surface area contributed by atoms with Crippen LogP contribution < -0.4 is 16.4 Å². The lowest BCUT2D eigenvalue weighted by molar-refractivity contribution is 0.0964. The van der Waals surface area contributed by atoms with E-state index in [9.17, 15) is 4.79 Å². The van der Waals surface area contributed by atoms with Gasteiger partial charge in [0.1, 0.15) is 0 Å². The van der Waals surface area contributed by atoms with Gasteiger partial charge in [-0.15, -0.1) is 0 Å². The topological polar surface area (TPSA) is 67.1 Å². The van der Waals surface area contributed by atoms with Gasteiger partial charge in [-0.1, -0.05) is 26.7 Å². The van der Waals surface area contributed by atoms with E-state index in [0.717, 1.165) is 18.5 Å². The minimum absolute atomic E-state index is 0.0979. The number of hydrogen-bond donors (Lipinski definition) is 3. The summed E-state index contributed by atoms with van der Waals surface area (Å²) in [7, 11) is 1.63. The summed E-state index contributed by atoms with van der Waals surface area (Å²) in [5, 5.41) is 6.08. The fourth-order valence-electron chi connectivity index (χ4n) is 2.37. The van der Waals surface area contributed by atoms with Gasteiger partial charge in [0, 0.05) is 24.5 Å². The first kappa shape index (κ1) is 15.3. The van der Waals surface area contributed by atoms with Crippen LogP contribution in [0.4, 0.5) is 11.4 Å². The average molecular weight is 263 g/mol. The van der Waals surface area contributed by atoms with Crippen molar-refractivity contribution in [1.82, 2.24) is 5.32 Å². The normalized spacial score (nSPS) is 12.3. The number of benzene rings is 1. The van der Waals surface area contributed by atoms with Crippen LogP contribution >= 0.6 is 0 Å². The Kier molecular flexibility index (Phi) is 5.67. The molecule has 1 unspecified atom stereocenters. The molecule has 4 heteroatoms. The van der Waals surface area contributed by atoms with Crippen LogP contribution in [0.1, 0.15) is 44.0 Å². The van der Waals surface area contributed by atoms with Crippen molar-refractivity contribution in [3.8, 4) is 0 Å². The number of carbonyl (C=O) groups is 1. The second-order valence-electron chi connectivity index (χ2n) is 4.89. The van der Waals surface area contributed by atoms with Gasteiger partial charge in [-0.25, -0.2) is 0 Å². The highest BCUT2D eigenvalue weighted by atomic mass is 16.1. The molecule has 0 aliphatic rings. The van der Waals surface area contributed by atoms with E-state index in [1.54, 1.807) is 19.2 Å². The molecule has 0 fully saturated rings. The Hall–Kier alpha value is -1.71. The van der Waals surface area contributed by atoms with Gasteiger partial charge < -0.3 is 16.4 Å². The fourth-order valence-corrected chi connectivity index (χ4v) is 2.37. The summed E-state index contributed by atoms with van der Waals surface area (Å²) in [6, 6.07) is 5.64. The fraction of sp³-hybridized carbons (Fsp3) is 0.533. The molecule has 1 amide bonds. The van der Waals surface area contributed by atoms with Crippen LogP contribution in [0.5, 0.6) is 0 Å². The molecule has 4 N–H and O–H groups in total. The van der Waals surface area contributed by atoms with Crippen LogP contribution in [0.2, 0.25) is 0 Å². The molecule has 1 aromatic rings. The van der Waals surface area contributed by atoms with Gasteiger partial charge in [0.15, 0.2) is 0 Å². The van der Waals surface area contributed by atoms with E-state index in [1.165, 1.54) is 0 Å². The lowest BCUT2D eigenvalue weighted by Crippen LogP contribution is -2.27. The first-order valence-corrected chi connectivity index (χ1v) is 6.91. The van der Waals surface area contributed by atoms with Gasteiger partial charge in [0.05, 0.1) is 5.56 Å². The average Bonchev–Trinajstić information content (AvgIpc) is 2.39. The third-order valence-electron chi connectivity index (χ3n) is 3.65. The molecule has 0 spiro atoms. The van der Waals surface area contributed by atoms with Crippen LogP contribution in [-0.2, 0) is 0 Å². The minimum atomic E-state index is -0.0979. The summed E-state index contributed by atoms with van der Waals surface area (Å²) in [6.07, 6.45) is 2.23. The standard InChI is InChI=1S/C15H25N3O/c1-5-11(6-2)10(3)18-14-9-12(16)7-8-13(14)15(19)17-4/h7-11,18H,5-6,16H2,1-4H3,(H,17,19). The van der Waals surface area contributed by atoms with Gasteiger partial charge in [-0.3, -0.25) is 4.79 Å². The molecule has 0 aliphatic heterocycles. The molecule has 1 atom stereocenters. The molecule has 1 rings (SSSR count). The van der Waals surface area contributed by atoms with Gasteiger partial charge >= 0.3 is 0 Å². The SMILES string of the molecule is CCC(CC)C(C)Nc1cc(N)ccc1C(=O)NC. The predicted molar refractivity (Wildman–Crippen MR) is 81.4 cm³/mol. The van der Waals surface area contributed by atoms with E-state index >= 15 is 0 Å². The maximum atomic E-state index is 11.8. The number of nitrogens with one attached hydrogen (secondary N) is 2. The first-order chi connectivity index (χ1) is 9.03. The molecule has 0 heterocycles. The molecule has 0 saturated carbocycles. The maximum absolute atomic E-state index is 11.8. The largest absolute Gasteiger partial charge is 0.399 e. The van der Waals surface area contributed by atoms with Crippen LogP contribution in [0.25, 0.3) is 0 Å². The van der Waals surface area contributed by atoms with Gasteiger partial charge in [-0.05, 0) is 31.0 Å². The quantitative estimate of drug-likeness (QED) is 0.691. The van der Waals surface area contributed by atoms with Crippen molar-refractivity contribution < 1.29 is 4.79 Å². The Bertz CT molecular complexity index is 427. The molecule has 0 aromatic heterocycles. The van der Waals surface area contributed by atoms with Crippen molar-refractivity contribution in [1.29, 1.82) is 0 Å². The van der Waals surface area contributed by atoms with E-state index in [4.69, 9.17) is 5.73 Å². The number of nitrogens with two attached hydrogens (primary N) is 1. The summed E-state index contributed by atoms with van der Waals surface area (Å²) in [5.74, 6) is 0.484. The molecule has 0 bridgehead atoms. The zero-order chi connectivity index (χ0) is 14.4. The zero-order valence-electron chi connectivity index (χ0n) is 12.3. The van der Waals surface area contributed by atoms with E-state index in [0.29, 0.717) is 23.2 Å². The zero-order valence-corrected chi connectivity index (χ0v) is 12.3. The summed E-state index contributed by atoms with van der Waals surface area (Å²) in [6.45, 7) is 6.52. The number of rotatable bonds is 6. The molecule has 19 heavy (non-hydrogen) atoms. The molecule has 0 aliphatic carbocycles. The van der Waals surface area contributed by atoms with Crippen LogP contribution in [0.15, 0.2) is 18.2 Å². The number of nitrogen functional groups attached to an aromatic ring is 1. The van der Waals surface area contributed by atoms with Crippen molar-refractivity contribution in [3.63, 3.8) is 0 Å². The second-order valence-corrected chi connectivity index (χ2v) is 4.89. The molecular formula is C15H25N3O. The van der Waals surface area contributed by atoms with E-state index in [-0.39, 0.29) is 5.91 Å². The Morgan fingerprint density at radius 2 is 1.95 bits per heavy atom. The second kappa shape index (κ2) is 7.02. The van der Waals surface area contributed by atoms with E-state index in [2.05, 4.69) is 31.4 Å². The van der Waals surface area contributed by atoms with Crippen molar-refractivity contribution in [2.24, 2.45) is 5.92 Å². The summed E-state index contributed by atoms with van der Waals surface area (Å²) in [4.78, 5) is 11.8. The monoisotopic (exact) mass is 263 g/mol.